The van der Waals surface area contributed by atoms with Crippen molar-refractivity contribution >= 4 is 10.1 Å². The van der Waals surface area contributed by atoms with E-state index in [1.54, 1.807) is 0 Å². The topological polar surface area (TPSA) is 57.2 Å². The molecule has 0 amide bonds. The van der Waals surface area contributed by atoms with E-state index in [0.717, 1.165) is 0 Å². The summed E-state index contributed by atoms with van der Waals surface area (Å²) in [4.78, 5) is 0. The van der Waals surface area contributed by atoms with Gasteiger partial charge in [0.1, 0.15) is 0 Å². The molecule has 0 aromatic rings. The Hall–Kier alpha value is 0.636. The van der Waals surface area contributed by atoms with E-state index >= 15 is 0 Å². The van der Waals surface area contributed by atoms with E-state index in [9.17, 15) is 70.0 Å². The molecule has 0 rings (SSSR count). The fraction of sp³-hybridized carbons (Fsp3) is 1.00. The van der Waals surface area contributed by atoms with Crippen LogP contribution in [-0.4, -0.2) is 48.1 Å². The van der Waals surface area contributed by atoms with Crippen LogP contribution >= 0.6 is 0 Å². The molecule has 0 aromatic carbocycles. The Morgan fingerprint density at radius 3 is 1.00 bits per heavy atom. The fourth-order valence-corrected chi connectivity index (χ4v) is 1.35. The molecule has 0 aliphatic rings. The Labute approximate surface area is 165 Å². The van der Waals surface area contributed by atoms with Gasteiger partial charge < -0.3 is 4.55 Å². The molecule has 140 valence electrons. The minimum atomic E-state index is -8.29. The first kappa shape index (κ1) is 26.9. The van der Waals surface area contributed by atoms with Crippen molar-refractivity contribution in [1.82, 2.24) is 0 Å². The number of halogens is 13. The summed E-state index contributed by atoms with van der Waals surface area (Å²) in [5.41, 5.74) is 0. The van der Waals surface area contributed by atoms with Crippen molar-refractivity contribution in [3.63, 3.8) is 0 Å². The molecule has 24 heavy (non-hydrogen) atoms. The number of alkyl halides is 13. The smallest absolute Gasteiger partial charge is 0.743 e. The average Bonchev–Trinajstić information content (AvgIpc) is 2.24. The summed E-state index contributed by atoms with van der Waals surface area (Å²) in [5.74, 6) is -32.6. The van der Waals surface area contributed by atoms with Gasteiger partial charge in [-0.15, -0.1) is 0 Å². The van der Waals surface area contributed by atoms with E-state index in [4.69, 9.17) is 0 Å². The second-order valence-corrected chi connectivity index (χ2v) is 5.19. The Morgan fingerprint density at radius 2 is 0.792 bits per heavy atom. The Bertz CT molecular complexity index is 565. The molecule has 0 aromatic heterocycles. The largest absolute Gasteiger partial charge is 1.00 e. The Balaban J connectivity index is 0. The van der Waals surface area contributed by atoms with Crippen molar-refractivity contribution in [2.24, 2.45) is 0 Å². The molecule has 0 bridgehead atoms. The van der Waals surface area contributed by atoms with Crippen molar-refractivity contribution in [1.29, 1.82) is 0 Å². The maximum Gasteiger partial charge on any atom is 1.00 e. The molecule has 0 N–H and O–H groups in total. The average molecular weight is 438 g/mol. The van der Waals surface area contributed by atoms with Gasteiger partial charge in [-0.2, -0.15) is 57.1 Å². The predicted molar refractivity (Wildman–Crippen MR) is 40.5 cm³/mol. The quantitative estimate of drug-likeness (QED) is 0.351. The zero-order chi connectivity index (χ0) is 19.5. The van der Waals surface area contributed by atoms with Crippen LogP contribution in [0.25, 0.3) is 0 Å². The van der Waals surface area contributed by atoms with Gasteiger partial charge in [0, 0.05) is 0 Å². The summed E-state index contributed by atoms with van der Waals surface area (Å²) in [7, 11) is -7.86. The zero-order valence-electron chi connectivity index (χ0n) is 10.5. The molecule has 0 fully saturated rings. The molecule has 0 atom stereocenters. The normalized spacial score (nSPS) is 15.9. The SMILES string of the molecule is O=S(=O)([O-])C(F)(F)C(F)(F)C(F)(F)C(F)(F)C(F)(F)C(F)(F)F.[K+]. The maximum atomic E-state index is 12.7. The van der Waals surface area contributed by atoms with Crippen LogP contribution in [0, 0.1) is 0 Å². The van der Waals surface area contributed by atoms with E-state index in [1.807, 2.05) is 0 Å². The van der Waals surface area contributed by atoms with Crippen LogP contribution in [0.15, 0.2) is 0 Å². The molecule has 0 heterocycles. The second-order valence-electron chi connectivity index (χ2n) is 3.77. The molecule has 0 aliphatic heterocycles. The van der Waals surface area contributed by atoms with Crippen molar-refractivity contribution in [2.45, 2.75) is 35.1 Å². The molecule has 0 saturated carbocycles. The van der Waals surface area contributed by atoms with Crippen LogP contribution in [0.5, 0.6) is 0 Å². The van der Waals surface area contributed by atoms with Gasteiger partial charge in [0.2, 0.25) is 0 Å². The third-order valence-corrected chi connectivity index (χ3v) is 3.10. The molecule has 18 heteroatoms. The molecule has 0 unspecified atom stereocenters. The maximum absolute atomic E-state index is 12.7. The van der Waals surface area contributed by atoms with Gasteiger partial charge >= 0.3 is 86.5 Å². The molecular weight excluding hydrogens is 438 g/mol. The summed E-state index contributed by atoms with van der Waals surface area (Å²) in [6.07, 6.45) is -7.61. The summed E-state index contributed by atoms with van der Waals surface area (Å²) >= 11 is 0. The minimum absolute atomic E-state index is 0. The van der Waals surface area contributed by atoms with E-state index < -0.39 is 45.2 Å². The van der Waals surface area contributed by atoms with Crippen LogP contribution in [-0.2, 0) is 10.1 Å². The second kappa shape index (κ2) is 6.66. The summed E-state index contributed by atoms with van der Waals surface area (Å²) in [6.45, 7) is 0. The van der Waals surface area contributed by atoms with Crippen molar-refractivity contribution < 1.29 is 121 Å². The first-order chi connectivity index (χ1) is 9.50. The van der Waals surface area contributed by atoms with Gasteiger partial charge in [-0.25, -0.2) is 8.42 Å². The monoisotopic (exact) mass is 438 g/mol. The van der Waals surface area contributed by atoms with Gasteiger partial charge in [0.15, 0.2) is 10.1 Å². The number of hydrogen-bond acceptors (Lipinski definition) is 3. The van der Waals surface area contributed by atoms with Crippen molar-refractivity contribution in [3.05, 3.63) is 0 Å². The van der Waals surface area contributed by atoms with Crippen LogP contribution in [0.1, 0.15) is 0 Å². The molecule has 0 saturated heterocycles. The zero-order valence-corrected chi connectivity index (χ0v) is 14.5. The number of hydrogen-bond donors (Lipinski definition) is 0. The fourth-order valence-electron chi connectivity index (χ4n) is 0.912. The van der Waals surface area contributed by atoms with Gasteiger partial charge in [0.05, 0.1) is 0 Å². The first-order valence-electron chi connectivity index (χ1n) is 4.41. The number of rotatable bonds is 5. The molecule has 0 spiro atoms. The van der Waals surface area contributed by atoms with E-state index in [2.05, 4.69) is 0 Å². The van der Waals surface area contributed by atoms with Gasteiger partial charge in [-0.3, -0.25) is 0 Å². The Morgan fingerprint density at radius 1 is 0.542 bits per heavy atom. The molecule has 0 aliphatic carbocycles. The minimum Gasteiger partial charge on any atom is -0.743 e. The van der Waals surface area contributed by atoms with E-state index in [0.29, 0.717) is 0 Å². The van der Waals surface area contributed by atoms with Crippen LogP contribution in [0.4, 0.5) is 57.1 Å². The van der Waals surface area contributed by atoms with Crippen molar-refractivity contribution in [2.75, 3.05) is 0 Å². The first-order valence-corrected chi connectivity index (χ1v) is 5.82. The van der Waals surface area contributed by atoms with Crippen molar-refractivity contribution in [3.8, 4) is 0 Å². The van der Waals surface area contributed by atoms with Crippen LogP contribution in [0.3, 0.4) is 0 Å². The molecule has 0 radical (unpaired) electrons. The van der Waals surface area contributed by atoms with E-state index in [1.165, 1.54) is 0 Å². The van der Waals surface area contributed by atoms with E-state index in [-0.39, 0.29) is 51.4 Å². The molecule has 3 nitrogen and oxygen atoms in total. The predicted octanol–water partition coefficient (Wildman–Crippen LogP) is 0.232. The summed E-state index contributed by atoms with van der Waals surface area (Å²) < 4.78 is 189. The van der Waals surface area contributed by atoms with Crippen LogP contribution in [0.2, 0.25) is 0 Å². The standard InChI is InChI=1S/C6HF13O3S.K/c7-1(8,3(11,12)5(15,16)17)2(9,10)4(13,14)6(18,19)23(20,21)22;/h(H,20,21,22);/q;+1/p-1. The van der Waals surface area contributed by atoms with Gasteiger partial charge in [-0.1, -0.05) is 0 Å². The third-order valence-electron chi connectivity index (χ3n) is 2.22. The summed E-state index contributed by atoms with van der Waals surface area (Å²) in [6, 6.07) is 0. The Kier molecular flexibility index (Phi) is 7.46. The van der Waals surface area contributed by atoms with Crippen LogP contribution < -0.4 is 51.4 Å². The molecular formula is C6F13KO3S. The summed E-state index contributed by atoms with van der Waals surface area (Å²) in [5, 5.41) is -7.63. The van der Waals surface area contributed by atoms with Gasteiger partial charge in [0.25, 0.3) is 0 Å². The third kappa shape index (κ3) is 3.55. The van der Waals surface area contributed by atoms with Gasteiger partial charge in [-0.05, 0) is 0 Å².